The zero-order chi connectivity index (χ0) is 14.6. The van der Waals surface area contributed by atoms with Crippen LogP contribution in [0.2, 0.25) is 0 Å². The Labute approximate surface area is 125 Å². The highest BCUT2D eigenvalue weighted by Gasteiger charge is 2.20. The Bertz CT molecular complexity index is 284. The van der Waals surface area contributed by atoms with E-state index in [-0.39, 0.29) is 6.17 Å². The lowest BCUT2D eigenvalue weighted by atomic mass is 10.1. The largest absolute Gasteiger partial charge is 0.370 e. The van der Waals surface area contributed by atoms with Crippen LogP contribution in [0.25, 0.3) is 0 Å². The Kier molecular flexibility index (Phi) is 9.22. The van der Waals surface area contributed by atoms with Gasteiger partial charge in [0.25, 0.3) is 0 Å². The summed E-state index contributed by atoms with van der Waals surface area (Å²) < 4.78 is 0. The van der Waals surface area contributed by atoms with E-state index in [1.807, 2.05) is 13.1 Å². The Morgan fingerprint density at radius 1 is 1.15 bits per heavy atom. The SMILES string of the molecule is CCCC/C=C/CCCCCCC1NC=CN1C(C)N. The number of unbranched alkanes of at least 4 members (excludes halogenated alkanes) is 6. The van der Waals surface area contributed by atoms with Gasteiger partial charge in [0.15, 0.2) is 0 Å². The normalized spacial score (nSPS) is 19.8. The van der Waals surface area contributed by atoms with Crippen LogP contribution >= 0.6 is 0 Å². The van der Waals surface area contributed by atoms with Gasteiger partial charge in [0.1, 0.15) is 0 Å². The topological polar surface area (TPSA) is 41.3 Å². The summed E-state index contributed by atoms with van der Waals surface area (Å²) in [5.74, 6) is 0. The summed E-state index contributed by atoms with van der Waals surface area (Å²) in [6.45, 7) is 4.28. The van der Waals surface area contributed by atoms with Crippen LogP contribution in [0.1, 0.15) is 71.6 Å². The first-order valence-corrected chi connectivity index (χ1v) is 8.36. The molecule has 0 aromatic heterocycles. The van der Waals surface area contributed by atoms with E-state index in [0.717, 1.165) is 0 Å². The van der Waals surface area contributed by atoms with Crippen molar-refractivity contribution in [2.75, 3.05) is 0 Å². The molecule has 0 spiro atoms. The molecule has 3 nitrogen and oxygen atoms in total. The summed E-state index contributed by atoms with van der Waals surface area (Å²) in [6, 6.07) is 0. The zero-order valence-corrected chi connectivity index (χ0v) is 13.4. The predicted octanol–water partition coefficient (Wildman–Crippen LogP) is 4.08. The molecule has 0 aromatic rings. The molecule has 1 rings (SSSR count). The lowest BCUT2D eigenvalue weighted by Crippen LogP contribution is -2.44. The van der Waals surface area contributed by atoms with Crippen molar-refractivity contribution >= 4 is 0 Å². The van der Waals surface area contributed by atoms with Crippen molar-refractivity contribution in [3.8, 4) is 0 Å². The maximum Gasteiger partial charge on any atom is 0.0995 e. The van der Waals surface area contributed by atoms with Crippen LogP contribution in [-0.2, 0) is 0 Å². The molecule has 0 radical (unpaired) electrons. The predicted molar refractivity (Wildman–Crippen MR) is 87.9 cm³/mol. The average Bonchev–Trinajstić information content (AvgIpc) is 2.89. The minimum Gasteiger partial charge on any atom is -0.370 e. The molecule has 2 unspecified atom stereocenters. The molecule has 0 aliphatic carbocycles. The maximum atomic E-state index is 5.94. The number of rotatable bonds is 11. The molecule has 3 heteroatoms. The smallest absolute Gasteiger partial charge is 0.0995 e. The molecule has 0 fully saturated rings. The first-order valence-electron chi connectivity index (χ1n) is 8.36. The maximum absolute atomic E-state index is 5.94. The summed E-state index contributed by atoms with van der Waals surface area (Å²) >= 11 is 0. The molecular formula is C17H33N3. The van der Waals surface area contributed by atoms with Crippen molar-refractivity contribution in [2.24, 2.45) is 5.73 Å². The summed E-state index contributed by atoms with van der Waals surface area (Å²) in [4.78, 5) is 2.20. The van der Waals surface area contributed by atoms with E-state index in [1.165, 1.54) is 57.8 Å². The van der Waals surface area contributed by atoms with Crippen molar-refractivity contribution in [1.82, 2.24) is 10.2 Å². The number of hydrogen-bond donors (Lipinski definition) is 2. The van der Waals surface area contributed by atoms with Crippen molar-refractivity contribution in [3.05, 3.63) is 24.6 Å². The monoisotopic (exact) mass is 279 g/mol. The van der Waals surface area contributed by atoms with Crippen LogP contribution in [0.4, 0.5) is 0 Å². The average molecular weight is 279 g/mol. The van der Waals surface area contributed by atoms with Gasteiger partial charge in [-0.1, -0.05) is 44.8 Å². The van der Waals surface area contributed by atoms with Gasteiger partial charge in [0.05, 0.1) is 12.3 Å². The number of nitrogens with one attached hydrogen (secondary N) is 1. The number of nitrogens with zero attached hydrogens (tertiary/aromatic N) is 1. The lowest BCUT2D eigenvalue weighted by Gasteiger charge is -2.28. The van der Waals surface area contributed by atoms with Crippen LogP contribution < -0.4 is 11.1 Å². The Hall–Kier alpha value is -0.960. The van der Waals surface area contributed by atoms with Crippen LogP contribution in [0.3, 0.4) is 0 Å². The van der Waals surface area contributed by atoms with Crippen LogP contribution in [0.5, 0.6) is 0 Å². The first-order chi connectivity index (χ1) is 9.75. The quantitative estimate of drug-likeness (QED) is 0.442. The van der Waals surface area contributed by atoms with Gasteiger partial charge >= 0.3 is 0 Å². The van der Waals surface area contributed by atoms with E-state index in [0.29, 0.717) is 6.17 Å². The van der Waals surface area contributed by atoms with Gasteiger partial charge < -0.3 is 16.0 Å². The Balaban J connectivity index is 1.93. The third-order valence-electron chi connectivity index (χ3n) is 3.85. The molecule has 3 N–H and O–H groups in total. The van der Waals surface area contributed by atoms with Crippen molar-refractivity contribution in [2.45, 2.75) is 84.0 Å². The number of nitrogens with two attached hydrogens (primary N) is 1. The third-order valence-corrected chi connectivity index (χ3v) is 3.85. The molecule has 0 bridgehead atoms. The second-order valence-electron chi connectivity index (χ2n) is 5.79. The van der Waals surface area contributed by atoms with Crippen molar-refractivity contribution < 1.29 is 0 Å². The highest BCUT2D eigenvalue weighted by atomic mass is 15.3. The first kappa shape index (κ1) is 17.1. The van der Waals surface area contributed by atoms with E-state index in [4.69, 9.17) is 5.73 Å². The third kappa shape index (κ3) is 6.99. The second-order valence-corrected chi connectivity index (χ2v) is 5.79. The highest BCUT2D eigenvalue weighted by molar-refractivity contribution is 4.95. The minimum atomic E-state index is 0.0968. The fourth-order valence-electron chi connectivity index (χ4n) is 2.59. The van der Waals surface area contributed by atoms with E-state index >= 15 is 0 Å². The molecule has 2 atom stereocenters. The van der Waals surface area contributed by atoms with Crippen molar-refractivity contribution in [1.29, 1.82) is 0 Å². The summed E-state index contributed by atoms with van der Waals surface area (Å²) in [5, 5.41) is 3.37. The fraction of sp³-hybridized carbons (Fsp3) is 0.765. The molecular weight excluding hydrogens is 246 g/mol. The molecule has 0 saturated carbocycles. The molecule has 116 valence electrons. The van der Waals surface area contributed by atoms with Gasteiger partial charge in [-0.3, -0.25) is 0 Å². The van der Waals surface area contributed by atoms with Crippen molar-refractivity contribution in [3.63, 3.8) is 0 Å². The minimum absolute atomic E-state index is 0.0968. The molecule has 20 heavy (non-hydrogen) atoms. The Morgan fingerprint density at radius 2 is 1.85 bits per heavy atom. The van der Waals surface area contributed by atoms with Gasteiger partial charge in [0.2, 0.25) is 0 Å². The number of hydrogen-bond acceptors (Lipinski definition) is 3. The molecule has 1 heterocycles. The fourth-order valence-corrected chi connectivity index (χ4v) is 2.59. The van der Waals surface area contributed by atoms with Gasteiger partial charge in [0, 0.05) is 12.4 Å². The van der Waals surface area contributed by atoms with E-state index in [9.17, 15) is 0 Å². The summed E-state index contributed by atoms with van der Waals surface area (Å²) in [7, 11) is 0. The lowest BCUT2D eigenvalue weighted by molar-refractivity contribution is 0.208. The van der Waals surface area contributed by atoms with E-state index < -0.39 is 0 Å². The van der Waals surface area contributed by atoms with Gasteiger partial charge in [-0.15, -0.1) is 0 Å². The Morgan fingerprint density at radius 3 is 2.55 bits per heavy atom. The van der Waals surface area contributed by atoms with E-state index in [2.05, 4.69) is 35.5 Å². The summed E-state index contributed by atoms with van der Waals surface area (Å²) in [6.07, 6.45) is 20.9. The molecule has 0 aromatic carbocycles. The van der Waals surface area contributed by atoms with Gasteiger partial charge in [-0.25, -0.2) is 0 Å². The molecule has 0 saturated heterocycles. The molecule has 1 aliphatic heterocycles. The van der Waals surface area contributed by atoms with Crippen LogP contribution in [0.15, 0.2) is 24.6 Å². The second kappa shape index (κ2) is 10.8. The van der Waals surface area contributed by atoms with Gasteiger partial charge in [-0.05, 0) is 39.0 Å². The highest BCUT2D eigenvalue weighted by Crippen LogP contribution is 2.15. The van der Waals surface area contributed by atoms with E-state index in [1.54, 1.807) is 0 Å². The van der Waals surface area contributed by atoms with Gasteiger partial charge in [-0.2, -0.15) is 0 Å². The molecule has 1 aliphatic rings. The summed E-state index contributed by atoms with van der Waals surface area (Å²) in [5.41, 5.74) is 5.94. The van der Waals surface area contributed by atoms with Crippen LogP contribution in [-0.4, -0.2) is 17.2 Å². The zero-order valence-electron chi connectivity index (χ0n) is 13.4. The van der Waals surface area contributed by atoms with Crippen LogP contribution in [0, 0.1) is 0 Å². The standard InChI is InChI=1S/C17H33N3/c1-3-4-5-6-7-8-9-10-11-12-13-17-19-14-15-20(17)16(2)18/h6-7,14-17,19H,3-5,8-13,18H2,1-2H3/b7-6+. The number of allylic oxidation sites excluding steroid dienone is 2. The molecule has 0 amide bonds.